The summed E-state index contributed by atoms with van der Waals surface area (Å²) in [7, 11) is 0. The van der Waals surface area contributed by atoms with Crippen molar-refractivity contribution in [2.75, 3.05) is 13.1 Å². The number of benzene rings is 1. The number of ether oxygens (including phenoxy) is 1. The van der Waals surface area contributed by atoms with Crippen LogP contribution in [-0.4, -0.2) is 76.4 Å². The molecule has 0 aromatic heterocycles. The van der Waals surface area contributed by atoms with Crippen LogP contribution in [-0.2, 0) is 25.7 Å². The molecule has 4 rings (SSSR count). The molecular weight excluding hydrogens is 517 g/mol. The van der Waals surface area contributed by atoms with Crippen LogP contribution in [0.15, 0.2) is 24.3 Å². The lowest BCUT2D eigenvalue weighted by Gasteiger charge is -2.41. The summed E-state index contributed by atoms with van der Waals surface area (Å²) in [4.78, 5) is 55.5. The molecule has 39 heavy (non-hydrogen) atoms. The molecule has 1 aromatic rings. The van der Waals surface area contributed by atoms with Crippen molar-refractivity contribution in [3.05, 3.63) is 35.6 Å². The van der Waals surface area contributed by atoms with Gasteiger partial charge in [0.1, 0.15) is 23.5 Å². The summed E-state index contributed by atoms with van der Waals surface area (Å²) in [6.45, 7) is 5.12. The van der Waals surface area contributed by atoms with Crippen LogP contribution in [0, 0.1) is 11.7 Å². The molecule has 1 aliphatic carbocycles. The van der Waals surface area contributed by atoms with E-state index in [0.717, 1.165) is 0 Å². The predicted molar refractivity (Wildman–Crippen MR) is 134 cm³/mol. The lowest BCUT2D eigenvalue weighted by Crippen LogP contribution is -2.62. The molecule has 4 amide bonds. The van der Waals surface area contributed by atoms with Gasteiger partial charge in [-0.1, -0.05) is 12.1 Å². The quantitative estimate of drug-likeness (QED) is 0.584. The summed E-state index contributed by atoms with van der Waals surface area (Å²) in [5, 5.41) is 5.34. The SMILES string of the molecule is CC(C)(C)OC(=O)N[C@H]1CN(C(=O)C2CC(F)(F)C2)CC[C@H]2CC[C@@H](C(=O)NCc3ccc(F)cc3)N2C1=O. The van der Waals surface area contributed by atoms with Gasteiger partial charge in [0, 0.05) is 37.9 Å². The third kappa shape index (κ3) is 7.02. The maximum Gasteiger partial charge on any atom is 0.408 e. The predicted octanol–water partition coefficient (Wildman–Crippen LogP) is 2.97. The molecule has 0 unspecified atom stereocenters. The number of alkyl halides is 2. The number of hydrogen-bond acceptors (Lipinski definition) is 5. The zero-order valence-corrected chi connectivity index (χ0v) is 22.3. The van der Waals surface area contributed by atoms with Crippen molar-refractivity contribution in [3.8, 4) is 0 Å². The Kier molecular flexibility index (Phi) is 8.13. The van der Waals surface area contributed by atoms with E-state index in [1.165, 1.54) is 21.9 Å². The first-order chi connectivity index (χ1) is 18.2. The zero-order valence-electron chi connectivity index (χ0n) is 22.3. The first kappa shape index (κ1) is 28.7. The minimum absolute atomic E-state index is 0.149. The van der Waals surface area contributed by atoms with E-state index in [1.807, 2.05) is 0 Å². The number of amides is 4. The maximum absolute atomic E-state index is 13.8. The molecule has 1 aromatic carbocycles. The minimum atomic E-state index is -2.87. The Hall–Kier alpha value is -3.31. The van der Waals surface area contributed by atoms with E-state index in [-0.39, 0.29) is 31.6 Å². The molecule has 3 atom stereocenters. The molecule has 0 spiro atoms. The third-order valence-corrected chi connectivity index (χ3v) is 7.31. The normalized spacial score (nSPS) is 25.2. The maximum atomic E-state index is 13.8. The first-order valence-corrected chi connectivity index (χ1v) is 13.2. The highest BCUT2D eigenvalue weighted by Gasteiger charge is 2.51. The Bertz CT molecular complexity index is 1100. The largest absolute Gasteiger partial charge is 0.444 e. The second kappa shape index (κ2) is 11.1. The Morgan fingerprint density at radius 2 is 1.74 bits per heavy atom. The molecule has 2 saturated heterocycles. The van der Waals surface area contributed by atoms with E-state index >= 15 is 0 Å². The number of alkyl carbamates (subject to hydrolysis) is 1. The Labute approximate surface area is 225 Å². The van der Waals surface area contributed by atoms with E-state index in [9.17, 15) is 32.3 Å². The van der Waals surface area contributed by atoms with Crippen LogP contribution in [0.4, 0.5) is 18.0 Å². The van der Waals surface area contributed by atoms with E-state index in [4.69, 9.17) is 4.74 Å². The van der Waals surface area contributed by atoms with Crippen molar-refractivity contribution in [1.82, 2.24) is 20.4 Å². The van der Waals surface area contributed by atoms with Crippen molar-refractivity contribution in [2.45, 2.75) is 89.1 Å². The first-order valence-electron chi connectivity index (χ1n) is 13.2. The van der Waals surface area contributed by atoms with Gasteiger partial charge in [-0.25, -0.2) is 18.0 Å². The van der Waals surface area contributed by atoms with Gasteiger partial charge in [0.05, 0.1) is 6.54 Å². The van der Waals surface area contributed by atoms with E-state index in [1.54, 1.807) is 32.9 Å². The van der Waals surface area contributed by atoms with Crippen LogP contribution in [0.3, 0.4) is 0 Å². The number of rotatable bonds is 5. The van der Waals surface area contributed by atoms with Gasteiger partial charge in [0.25, 0.3) is 0 Å². The number of nitrogens with zero attached hydrogens (tertiary/aromatic N) is 2. The Morgan fingerprint density at radius 1 is 1.08 bits per heavy atom. The number of nitrogens with one attached hydrogen (secondary N) is 2. The van der Waals surface area contributed by atoms with Crippen molar-refractivity contribution in [2.24, 2.45) is 5.92 Å². The van der Waals surface area contributed by atoms with Crippen molar-refractivity contribution >= 4 is 23.8 Å². The molecule has 9 nitrogen and oxygen atoms in total. The smallest absolute Gasteiger partial charge is 0.408 e. The lowest BCUT2D eigenvalue weighted by molar-refractivity contribution is -0.162. The fourth-order valence-electron chi connectivity index (χ4n) is 5.39. The Balaban J connectivity index is 1.50. The number of carbonyl (C=O) groups is 4. The average Bonchev–Trinajstić information content (AvgIpc) is 3.24. The summed E-state index contributed by atoms with van der Waals surface area (Å²) >= 11 is 0. The molecular formula is C27H35F3N4O5. The van der Waals surface area contributed by atoms with Gasteiger partial charge in [-0.3, -0.25) is 14.4 Å². The van der Waals surface area contributed by atoms with Crippen LogP contribution < -0.4 is 10.6 Å². The van der Waals surface area contributed by atoms with Crippen molar-refractivity contribution in [1.29, 1.82) is 0 Å². The van der Waals surface area contributed by atoms with Gasteiger partial charge in [0.15, 0.2) is 0 Å². The van der Waals surface area contributed by atoms with Crippen LogP contribution in [0.2, 0.25) is 0 Å². The van der Waals surface area contributed by atoms with E-state index in [2.05, 4.69) is 10.6 Å². The second-order valence-electron chi connectivity index (χ2n) is 11.6. The molecule has 3 aliphatic rings. The highest BCUT2D eigenvalue weighted by atomic mass is 19.3. The van der Waals surface area contributed by atoms with Crippen LogP contribution in [0.25, 0.3) is 0 Å². The molecule has 2 aliphatic heterocycles. The highest BCUT2D eigenvalue weighted by Crippen LogP contribution is 2.43. The number of carbonyl (C=O) groups excluding carboxylic acids is 4. The fourth-order valence-corrected chi connectivity index (χ4v) is 5.39. The van der Waals surface area contributed by atoms with Crippen LogP contribution >= 0.6 is 0 Å². The summed E-state index contributed by atoms with van der Waals surface area (Å²) in [6.07, 6.45) is -0.673. The highest BCUT2D eigenvalue weighted by molar-refractivity contribution is 5.93. The molecule has 3 fully saturated rings. The minimum Gasteiger partial charge on any atom is -0.444 e. The number of halogens is 3. The van der Waals surface area contributed by atoms with Crippen molar-refractivity contribution < 1.29 is 37.1 Å². The van der Waals surface area contributed by atoms with Crippen LogP contribution in [0.5, 0.6) is 0 Å². The number of hydrogen-bond donors (Lipinski definition) is 2. The average molecular weight is 553 g/mol. The van der Waals surface area contributed by atoms with Gasteiger partial charge >= 0.3 is 6.09 Å². The van der Waals surface area contributed by atoms with Crippen LogP contribution in [0.1, 0.15) is 58.4 Å². The molecule has 2 heterocycles. The third-order valence-electron chi connectivity index (χ3n) is 7.31. The molecule has 214 valence electrons. The Morgan fingerprint density at radius 3 is 2.36 bits per heavy atom. The van der Waals surface area contributed by atoms with E-state index in [0.29, 0.717) is 24.8 Å². The summed E-state index contributed by atoms with van der Waals surface area (Å²) in [6, 6.07) is 3.30. The van der Waals surface area contributed by atoms with E-state index < -0.39 is 66.1 Å². The topological polar surface area (TPSA) is 108 Å². The second-order valence-corrected chi connectivity index (χ2v) is 11.6. The van der Waals surface area contributed by atoms with Gasteiger partial charge in [-0.05, 0) is 57.7 Å². The lowest BCUT2D eigenvalue weighted by atomic mass is 9.80. The summed E-state index contributed by atoms with van der Waals surface area (Å²) in [5.74, 6) is -5.48. The van der Waals surface area contributed by atoms with Gasteiger partial charge < -0.3 is 25.2 Å². The summed E-state index contributed by atoms with van der Waals surface area (Å²) < 4.78 is 45.4. The monoisotopic (exact) mass is 552 g/mol. The summed E-state index contributed by atoms with van der Waals surface area (Å²) in [5.41, 5.74) is -0.153. The molecule has 0 bridgehead atoms. The van der Waals surface area contributed by atoms with Crippen molar-refractivity contribution in [3.63, 3.8) is 0 Å². The van der Waals surface area contributed by atoms with Gasteiger partial charge in [-0.2, -0.15) is 0 Å². The van der Waals surface area contributed by atoms with Gasteiger partial charge in [0.2, 0.25) is 23.6 Å². The number of fused-ring (bicyclic) bond motifs is 1. The molecule has 1 saturated carbocycles. The molecule has 2 N–H and O–H groups in total. The zero-order chi connectivity index (χ0) is 28.5. The fraction of sp³-hybridized carbons (Fsp3) is 0.630. The molecule has 0 radical (unpaired) electrons. The molecule has 12 heteroatoms. The standard InChI is InChI=1S/C27H35F3N4O5/c1-26(2,3)39-25(38)32-20-15-33(23(36)17-12-27(29,30)13-17)11-10-19-8-9-21(34(19)24(20)37)22(35)31-14-16-4-6-18(28)7-5-16/h4-7,17,19-21H,8-15H2,1-3H3,(H,31,35)(H,32,38)/t19-,20+,21+/m1/s1. The van der Waals surface area contributed by atoms with Gasteiger partial charge in [-0.15, -0.1) is 0 Å².